The van der Waals surface area contributed by atoms with Gasteiger partial charge in [0.05, 0.1) is 5.69 Å². The summed E-state index contributed by atoms with van der Waals surface area (Å²) < 4.78 is 9.37. The van der Waals surface area contributed by atoms with Crippen molar-refractivity contribution >= 4 is 29.5 Å². The predicted octanol–water partition coefficient (Wildman–Crippen LogP) is 4.32. The highest BCUT2D eigenvalue weighted by atomic mass is 35.5. The van der Waals surface area contributed by atoms with Crippen LogP contribution in [0.4, 0.5) is 5.69 Å². The van der Waals surface area contributed by atoms with Crippen LogP contribution in [0.2, 0.25) is 5.02 Å². The van der Waals surface area contributed by atoms with Crippen LogP contribution in [0.5, 0.6) is 0 Å². The van der Waals surface area contributed by atoms with E-state index >= 15 is 0 Å². The molecule has 2 N–H and O–H groups in total. The van der Waals surface area contributed by atoms with E-state index in [9.17, 15) is 5.21 Å². The van der Waals surface area contributed by atoms with Crippen molar-refractivity contribution in [2.45, 2.75) is 0 Å². The normalized spacial score (nSPS) is 10.3. The molecular formula is C12H10ClNO2S. The largest absolute Gasteiger partial charge is 0.311 e. The fourth-order valence-electron chi connectivity index (χ4n) is 1.47. The monoisotopic (exact) mass is 267 g/mol. The number of benzene rings is 2. The first-order valence-electron chi connectivity index (χ1n) is 4.87. The molecule has 0 saturated carbocycles. The number of hydrogen-bond donors (Lipinski definition) is 2. The zero-order chi connectivity index (χ0) is 12.3. The van der Waals surface area contributed by atoms with Crippen LogP contribution < -0.4 is 4.47 Å². The smallest absolute Gasteiger partial charge is 0.138 e. The average Bonchev–Trinajstić information content (AvgIpc) is 2.39. The zero-order valence-corrected chi connectivity index (χ0v) is 10.3. The molecule has 2 aromatic rings. The first-order chi connectivity index (χ1) is 8.20. The van der Waals surface area contributed by atoms with Crippen LogP contribution in [0.3, 0.4) is 0 Å². The fraction of sp³-hybridized carbons (Fsp3) is 0. The summed E-state index contributed by atoms with van der Waals surface area (Å²) in [5, 5.41) is 9.95. The second kappa shape index (κ2) is 5.42. The van der Waals surface area contributed by atoms with E-state index in [0.717, 1.165) is 11.1 Å². The Morgan fingerprint density at radius 1 is 0.882 bits per heavy atom. The minimum atomic E-state index is 0.253. The van der Waals surface area contributed by atoms with Crippen molar-refractivity contribution in [3.05, 3.63) is 53.6 Å². The van der Waals surface area contributed by atoms with Crippen LogP contribution >= 0.6 is 23.8 Å². The van der Waals surface area contributed by atoms with Crippen LogP contribution in [0.1, 0.15) is 0 Å². The van der Waals surface area contributed by atoms with Crippen molar-refractivity contribution in [3.8, 4) is 11.1 Å². The Balaban J connectivity index is 2.26. The van der Waals surface area contributed by atoms with Gasteiger partial charge in [-0.3, -0.25) is 5.21 Å². The van der Waals surface area contributed by atoms with Gasteiger partial charge in [0.2, 0.25) is 0 Å². The number of halogens is 1. The highest BCUT2D eigenvalue weighted by molar-refractivity contribution is 7.94. The molecule has 0 aliphatic heterocycles. The lowest BCUT2D eigenvalue weighted by Gasteiger charge is -2.11. The minimum absolute atomic E-state index is 0.253. The maximum absolute atomic E-state index is 9.26. The summed E-state index contributed by atoms with van der Waals surface area (Å²) in [5.41, 5.74) is 2.57. The van der Waals surface area contributed by atoms with E-state index in [4.69, 9.17) is 16.2 Å². The molecule has 0 bridgehead atoms. The maximum Gasteiger partial charge on any atom is 0.138 e. The Morgan fingerprint density at radius 3 is 1.82 bits per heavy atom. The summed E-state index contributed by atoms with van der Waals surface area (Å²) in [7, 11) is 0. The van der Waals surface area contributed by atoms with Gasteiger partial charge in [0, 0.05) is 5.02 Å². The summed E-state index contributed by atoms with van der Waals surface area (Å²) in [6.07, 6.45) is 0. The summed E-state index contributed by atoms with van der Waals surface area (Å²) in [6.45, 7) is 0. The van der Waals surface area contributed by atoms with Gasteiger partial charge in [-0.15, -0.1) is 0 Å². The molecule has 0 aromatic heterocycles. The molecule has 0 amide bonds. The molecule has 0 radical (unpaired) electrons. The number of nitrogens with zero attached hydrogens (tertiary/aromatic N) is 1. The van der Waals surface area contributed by atoms with Crippen LogP contribution in [-0.4, -0.2) is 9.76 Å². The van der Waals surface area contributed by atoms with Crippen LogP contribution in [0.25, 0.3) is 11.1 Å². The van der Waals surface area contributed by atoms with Crippen molar-refractivity contribution < 1.29 is 9.76 Å². The van der Waals surface area contributed by atoms with Gasteiger partial charge in [0.25, 0.3) is 0 Å². The van der Waals surface area contributed by atoms with Gasteiger partial charge in [-0.2, -0.15) is 4.47 Å². The van der Waals surface area contributed by atoms with Crippen molar-refractivity contribution in [2.75, 3.05) is 4.47 Å². The topological polar surface area (TPSA) is 43.7 Å². The van der Waals surface area contributed by atoms with E-state index in [1.165, 1.54) is 0 Å². The first kappa shape index (κ1) is 12.3. The van der Waals surface area contributed by atoms with E-state index in [0.29, 0.717) is 15.2 Å². The zero-order valence-electron chi connectivity index (χ0n) is 8.75. The van der Waals surface area contributed by atoms with Crippen molar-refractivity contribution in [2.24, 2.45) is 0 Å². The highest BCUT2D eigenvalue weighted by Crippen LogP contribution is 2.25. The quantitative estimate of drug-likeness (QED) is 0.494. The Morgan fingerprint density at radius 2 is 1.35 bits per heavy atom. The van der Waals surface area contributed by atoms with Gasteiger partial charge in [0.15, 0.2) is 0 Å². The molecule has 0 saturated heterocycles. The summed E-state index contributed by atoms with van der Waals surface area (Å²) >= 11 is 6.07. The first-order valence-corrected chi connectivity index (χ1v) is 5.98. The molecule has 88 valence electrons. The van der Waals surface area contributed by atoms with Crippen LogP contribution in [-0.2, 0) is 0 Å². The molecule has 0 atom stereocenters. The van der Waals surface area contributed by atoms with Gasteiger partial charge in [-0.1, -0.05) is 35.9 Å². The Labute approximate surface area is 109 Å². The summed E-state index contributed by atoms with van der Waals surface area (Å²) in [4.78, 5) is 0. The number of hydrogen-bond acceptors (Lipinski definition) is 4. The Bertz CT molecular complexity index is 487. The second-order valence-electron chi connectivity index (χ2n) is 3.41. The third-order valence-electron chi connectivity index (χ3n) is 2.34. The van der Waals surface area contributed by atoms with Gasteiger partial charge in [-0.05, 0) is 35.4 Å². The molecule has 3 nitrogen and oxygen atoms in total. The molecule has 5 heteroatoms. The Hall–Kier alpha value is -1.20. The minimum Gasteiger partial charge on any atom is -0.311 e. The molecule has 0 aliphatic rings. The summed E-state index contributed by atoms with van der Waals surface area (Å²) in [5.74, 6) is 0. The van der Waals surface area contributed by atoms with Gasteiger partial charge >= 0.3 is 0 Å². The fourth-order valence-corrected chi connectivity index (χ4v) is 1.81. The van der Waals surface area contributed by atoms with Crippen molar-refractivity contribution in [1.82, 2.24) is 0 Å². The van der Waals surface area contributed by atoms with E-state index in [1.807, 2.05) is 36.4 Å². The maximum atomic E-state index is 9.26. The third kappa shape index (κ3) is 2.92. The van der Waals surface area contributed by atoms with Gasteiger partial charge in [-0.25, -0.2) is 0 Å². The van der Waals surface area contributed by atoms with Gasteiger partial charge < -0.3 is 4.55 Å². The molecule has 0 spiro atoms. The SMILES string of the molecule is OSN(O)c1ccc(-c2ccc(Cl)cc2)cc1. The van der Waals surface area contributed by atoms with Crippen molar-refractivity contribution in [3.63, 3.8) is 0 Å². The lowest BCUT2D eigenvalue weighted by molar-refractivity contribution is 0.324. The van der Waals surface area contributed by atoms with Crippen LogP contribution in [0.15, 0.2) is 48.5 Å². The molecule has 0 fully saturated rings. The molecule has 0 unspecified atom stereocenters. The Kier molecular flexibility index (Phi) is 3.91. The predicted molar refractivity (Wildman–Crippen MR) is 71.4 cm³/mol. The molecule has 0 heterocycles. The van der Waals surface area contributed by atoms with E-state index in [1.54, 1.807) is 12.1 Å². The van der Waals surface area contributed by atoms with Gasteiger partial charge in [0.1, 0.15) is 12.2 Å². The van der Waals surface area contributed by atoms with E-state index in [-0.39, 0.29) is 12.2 Å². The lowest BCUT2D eigenvalue weighted by atomic mass is 10.1. The van der Waals surface area contributed by atoms with E-state index < -0.39 is 0 Å². The molecule has 2 aromatic carbocycles. The average molecular weight is 268 g/mol. The standard InChI is InChI=1S/C12H10ClNO2S/c13-11-5-1-9(2-6-11)10-3-7-12(8-4-10)14(15)17-16/h1-8,15-16H. The molecule has 17 heavy (non-hydrogen) atoms. The molecule has 0 aliphatic carbocycles. The molecular weight excluding hydrogens is 258 g/mol. The number of anilines is 1. The van der Waals surface area contributed by atoms with Crippen LogP contribution in [0, 0.1) is 0 Å². The second-order valence-corrected chi connectivity index (χ2v) is 4.35. The van der Waals surface area contributed by atoms with Crippen molar-refractivity contribution in [1.29, 1.82) is 0 Å². The number of rotatable bonds is 3. The summed E-state index contributed by atoms with van der Waals surface area (Å²) in [6, 6.07) is 14.7. The van der Waals surface area contributed by atoms with E-state index in [2.05, 4.69) is 0 Å². The highest BCUT2D eigenvalue weighted by Gasteiger charge is 2.03. The third-order valence-corrected chi connectivity index (χ3v) is 2.96. The lowest BCUT2D eigenvalue weighted by Crippen LogP contribution is -2.05. The molecule has 2 rings (SSSR count).